The molecule has 9 heteroatoms. The summed E-state index contributed by atoms with van der Waals surface area (Å²) < 4.78 is 19.8. The summed E-state index contributed by atoms with van der Waals surface area (Å²) in [6, 6.07) is 11.5. The summed E-state index contributed by atoms with van der Waals surface area (Å²) in [5.74, 6) is -0.190. The Morgan fingerprint density at radius 1 is 1.28 bits per heavy atom. The first-order valence-electron chi connectivity index (χ1n) is 8.74. The van der Waals surface area contributed by atoms with Crippen molar-refractivity contribution in [2.75, 3.05) is 17.7 Å². The molecule has 148 valence electrons. The summed E-state index contributed by atoms with van der Waals surface area (Å²) in [7, 11) is 1.51. The van der Waals surface area contributed by atoms with Gasteiger partial charge in [-0.15, -0.1) is 0 Å². The molecule has 0 spiro atoms. The summed E-state index contributed by atoms with van der Waals surface area (Å²) in [6.45, 7) is 0. The summed E-state index contributed by atoms with van der Waals surface area (Å²) in [5, 5.41) is 10.2. The molecular weight excluding hydrogens is 399 g/mol. The Morgan fingerprint density at radius 3 is 2.76 bits per heavy atom. The van der Waals surface area contributed by atoms with Gasteiger partial charge in [-0.05, 0) is 36.4 Å². The van der Waals surface area contributed by atoms with Gasteiger partial charge in [0, 0.05) is 17.7 Å². The quantitative estimate of drug-likeness (QED) is 0.678. The largest absolute Gasteiger partial charge is 0.497 e. The maximum atomic E-state index is 13.2. The highest BCUT2D eigenvalue weighted by Gasteiger charge is 2.32. The fraction of sp³-hybridized carbons (Fsp3) is 0.150. The van der Waals surface area contributed by atoms with Crippen LogP contribution in [-0.4, -0.2) is 28.7 Å². The fourth-order valence-electron chi connectivity index (χ4n) is 3.09. The van der Waals surface area contributed by atoms with Gasteiger partial charge < -0.3 is 15.4 Å². The van der Waals surface area contributed by atoms with Crippen molar-refractivity contribution in [3.8, 4) is 17.0 Å². The van der Waals surface area contributed by atoms with Crippen LogP contribution in [0.1, 0.15) is 12.5 Å². The van der Waals surface area contributed by atoms with Crippen LogP contribution in [-0.2, 0) is 9.59 Å². The number of hydrogen-bond acceptors (Lipinski definition) is 4. The smallest absolute Gasteiger partial charge is 0.249 e. The van der Waals surface area contributed by atoms with Crippen LogP contribution < -0.4 is 15.4 Å². The summed E-state index contributed by atoms with van der Waals surface area (Å²) in [6.07, 6.45) is -0.0784. The maximum Gasteiger partial charge on any atom is 0.249 e. The molecule has 1 unspecified atom stereocenters. The van der Waals surface area contributed by atoms with Crippen LogP contribution in [0.5, 0.6) is 5.75 Å². The SMILES string of the molecule is COc1ccc(Cl)c(NC(=O)C2CC(=O)Nc3cc(-c4ccc(F)cc4)nn32)c1. The topological polar surface area (TPSA) is 85.2 Å². The molecule has 1 aliphatic rings. The third-order valence-corrected chi connectivity index (χ3v) is 4.88. The molecule has 2 N–H and O–H groups in total. The van der Waals surface area contributed by atoms with Gasteiger partial charge >= 0.3 is 0 Å². The number of methoxy groups -OCH3 is 1. The molecular formula is C20H16ClFN4O3. The molecule has 0 bridgehead atoms. The minimum atomic E-state index is -0.866. The number of hydrogen-bond donors (Lipinski definition) is 2. The average Bonchev–Trinajstić information content (AvgIpc) is 3.13. The van der Waals surface area contributed by atoms with Crippen molar-refractivity contribution in [2.24, 2.45) is 0 Å². The van der Waals surface area contributed by atoms with E-state index in [1.165, 1.54) is 23.9 Å². The Labute approximate surface area is 170 Å². The Balaban J connectivity index is 1.65. The fourth-order valence-corrected chi connectivity index (χ4v) is 3.25. The number of halogens is 2. The van der Waals surface area contributed by atoms with Crippen molar-refractivity contribution < 1.29 is 18.7 Å². The number of anilines is 2. The second kappa shape index (κ2) is 7.56. The highest BCUT2D eigenvalue weighted by molar-refractivity contribution is 6.33. The molecule has 3 aromatic rings. The highest BCUT2D eigenvalue weighted by atomic mass is 35.5. The summed E-state index contributed by atoms with van der Waals surface area (Å²) in [5.41, 5.74) is 1.55. The molecule has 0 aliphatic carbocycles. The molecule has 2 heterocycles. The lowest BCUT2D eigenvalue weighted by Gasteiger charge is -2.24. The second-order valence-electron chi connectivity index (χ2n) is 6.47. The number of benzene rings is 2. The Morgan fingerprint density at radius 2 is 2.03 bits per heavy atom. The van der Waals surface area contributed by atoms with Gasteiger partial charge in [-0.3, -0.25) is 9.59 Å². The highest BCUT2D eigenvalue weighted by Crippen LogP contribution is 2.32. The van der Waals surface area contributed by atoms with Gasteiger partial charge in [0.05, 0.1) is 29.9 Å². The van der Waals surface area contributed by atoms with Gasteiger partial charge in [-0.25, -0.2) is 9.07 Å². The van der Waals surface area contributed by atoms with Gasteiger partial charge in [-0.1, -0.05) is 11.6 Å². The number of nitrogens with one attached hydrogen (secondary N) is 2. The van der Waals surface area contributed by atoms with E-state index in [0.717, 1.165) is 0 Å². The monoisotopic (exact) mass is 414 g/mol. The zero-order chi connectivity index (χ0) is 20.5. The van der Waals surface area contributed by atoms with E-state index in [-0.39, 0.29) is 18.1 Å². The Hall–Kier alpha value is -3.39. The van der Waals surface area contributed by atoms with Gasteiger partial charge in [0.25, 0.3) is 0 Å². The number of carbonyl (C=O) groups is 2. The predicted octanol–water partition coefficient (Wildman–Crippen LogP) is 3.87. The van der Waals surface area contributed by atoms with E-state index in [9.17, 15) is 14.0 Å². The lowest BCUT2D eigenvalue weighted by atomic mass is 10.1. The van der Waals surface area contributed by atoms with Gasteiger partial charge in [0.2, 0.25) is 11.8 Å². The van der Waals surface area contributed by atoms with Crippen LogP contribution >= 0.6 is 11.6 Å². The number of amides is 2. The molecule has 2 amide bonds. The van der Waals surface area contributed by atoms with E-state index < -0.39 is 11.9 Å². The number of carbonyl (C=O) groups excluding carboxylic acids is 2. The number of rotatable bonds is 4. The van der Waals surface area contributed by atoms with Crippen molar-refractivity contribution in [1.82, 2.24) is 9.78 Å². The van der Waals surface area contributed by atoms with Gasteiger partial charge in [0.1, 0.15) is 23.4 Å². The maximum absolute atomic E-state index is 13.2. The number of nitrogens with zero attached hydrogens (tertiary/aromatic N) is 2. The first kappa shape index (κ1) is 18.9. The van der Waals surface area contributed by atoms with Crippen LogP contribution in [0.15, 0.2) is 48.5 Å². The third-order valence-electron chi connectivity index (χ3n) is 4.55. The van der Waals surface area contributed by atoms with E-state index in [1.54, 1.807) is 36.4 Å². The summed E-state index contributed by atoms with van der Waals surface area (Å²) >= 11 is 6.16. The molecule has 0 saturated carbocycles. The van der Waals surface area contributed by atoms with Crippen molar-refractivity contribution in [3.63, 3.8) is 0 Å². The third kappa shape index (κ3) is 3.79. The van der Waals surface area contributed by atoms with E-state index in [0.29, 0.717) is 33.5 Å². The van der Waals surface area contributed by atoms with Crippen LogP contribution in [0.4, 0.5) is 15.9 Å². The zero-order valence-electron chi connectivity index (χ0n) is 15.3. The molecule has 0 fully saturated rings. The lowest BCUT2D eigenvalue weighted by molar-refractivity contribution is -0.125. The summed E-state index contributed by atoms with van der Waals surface area (Å²) in [4.78, 5) is 25.0. The van der Waals surface area contributed by atoms with Crippen LogP contribution in [0.3, 0.4) is 0 Å². The molecule has 0 radical (unpaired) electrons. The second-order valence-corrected chi connectivity index (χ2v) is 6.88. The first-order valence-corrected chi connectivity index (χ1v) is 9.12. The number of ether oxygens (including phenoxy) is 1. The number of fused-ring (bicyclic) bond motifs is 1. The van der Waals surface area contributed by atoms with Crippen molar-refractivity contribution in [1.29, 1.82) is 0 Å². The predicted molar refractivity (Wildman–Crippen MR) is 107 cm³/mol. The number of aromatic nitrogens is 2. The van der Waals surface area contributed by atoms with E-state index in [1.807, 2.05) is 0 Å². The minimum Gasteiger partial charge on any atom is -0.497 e. The first-order chi connectivity index (χ1) is 13.9. The molecule has 0 saturated heterocycles. The van der Waals surface area contributed by atoms with Gasteiger partial charge in [-0.2, -0.15) is 5.10 Å². The van der Waals surface area contributed by atoms with E-state index in [4.69, 9.17) is 16.3 Å². The standard InChI is InChI=1S/C20H16ClFN4O3/c1-29-13-6-7-14(21)16(8-13)23-20(28)17-10-19(27)24-18-9-15(25-26(17)18)11-2-4-12(22)5-3-11/h2-9,17H,10H2,1H3,(H,23,28)(H,24,27). The molecule has 2 aromatic carbocycles. The minimum absolute atomic E-state index is 0.0784. The van der Waals surface area contributed by atoms with Crippen LogP contribution in [0, 0.1) is 5.82 Å². The Bertz CT molecular complexity index is 1100. The normalized spacial score (nSPS) is 15.4. The van der Waals surface area contributed by atoms with Crippen molar-refractivity contribution in [3.05, 3.63) is 59.4 Å². The molecule has 1 aliphatic heterocycles. The van der Waals surface area contributed by atoms with Crippen molar-refractivity contribution >= 4 is 34.9 Å². The van der Waals surface area contributed by atoms with Crippen LogP contribution in [0.2, 0.25) is 5.02 Å². The lowest BCUT2D eigenvalue weighted by Crippen LogP contribution is -2.35. The van der Waals surface area contributed by atoms with E-state index >= 15 is 0 Å². The zero-order valence-corrected chi connectivity index (χ0v) is 16.0. The Kier molecular flexibility index (Phi) is 4.94. The average molecular weight is 415 g/mol. The van der Waals surface area contributed by atoms with Crippen molar-refractivity contribution in [2.45, 2.75) is 12.5 Å². The molecule has 1 aromatic heterocycles. The van der Waals surface area contributed by atoms with E-state index in [2.05, 4.69) is 15.7 Å². The van der Waals surface area contributed by atoms with Gasteiger partial charge in [0.15, 0.2) is 0 Å². The molecule has 29 heavy (non-hydrogen) atoms. The molecule has 1 atom stereocenters. The molecule has 4 rings (SSSR count). The van der Waals surface area contributed by atoms with Crippen LogP contribution in [0.25, 0.3) is 11.3 Å². The molecule has 7 nitrogen and oxygen atoms in total.